The monoisotopic (exact) mass is 247 g/mol. The third-order valence-electron chi connectivity index (χ3n) is 1.72. The van der Waals surface area contributed by atoms with Gasteiger partial charge in [0.15, 0.2) is 5.57 Å². The molecule has 1 aliphatic heterocycles. The van der Waals surface area contributed by atoms with E-state index in [0.717, 1.165) is 0 Å². The van der Waals surface area contributed by atoms with Gasteiger partial charge in [0.25, 0.3) is 5.91 Å². The number of hydrogen-bond donors (Lipinski definition) is 1. The number of allylic oxidation sites excluding steroid dienone is 2. The number of nitrogens with one attached hydrogen (secondary N) is 1. The van der Waals surface area contributed by atoms with Crippen LogP contribution >= 0.6 is 0 Å². The predicted molar refractivity (Wildman–Crippen MR) is 36.9 cm³/mol. The van der Waals surface area contributed by atoms with Gasteiger partial charge < -0.3 is 5.32 Å². The van der Waals surface area contributed by atoms with Gasteiger partial charge in [0.1, 0.15) is 0 Å². The summed E-state index contributed by atoms with van der Waals surface area (Å²) in [5, 5.41) is 1.27. The van der Waals surface area contributed by atoms with Gasteiger partial charge in [-0.1, -0.05) is 0 Å². The van der Waals surface area contributed by atoms with Gasteiger partial charge in [-0.15, -0.1) is 0 Å². The maximum absolute atomic E-state index is 12.1. The Hall–Kier alpha value is -1.54. The molecule has 1 amide bonds. The lowest BCUT2D eigenvalue weighted by molar-refractivity contribution is -0.173. The fraction of sp³-hybridized carbons (Fsp3) is 0.429. The first-order valence-electron chi connectivity index (χ1n) is 3.75. The molecule has 0 aromatic heterocycles. The number of Topliss-reactive ketones (excluding diaryl/α,β-unsaturated/α-hetero) is 1. The minimum atomic E-state index is -5.68. The molecule has 16 heavy (non-hydrogen) atoms. The molecule has 0 saturated carbocycles. The van der Waals surface area contributed by atoms with E-state index >= 15 is 0 Å². The highest BCUT2D eigenvalue weighted by molar-refractivity contribution is 6.39. The number of carbonyl (C=O) groups excluding carboxylic acids is 2. The van der Waals surface area contributed by atoms with Crippen molar-refractivity contribution in [2.45, 2.75) is 18.8 Å². The zero-order chi connectivity index (χ0) is 12.7. The summed E-state index contributed by atoms with van der Waals surface area (Å²) in [5.41, 5.74) is -4.30. The molecule has 0 unspecified atom stereocenters. The van der Waals surface area contributed by atoms with Gasteiger partial charge in [-0.3, -0.25) is 9.59 Å². The normalized spacial score (nSPS) is 17.8. The van der Waals surface area contributed by atoms with E-state index in [1.54, 1.807) is 0 Å². The number of ketones is 1. The molecule has 1 heterocycles. The second-order valence-electron chi connectivity index (χ2n) is 2.90. The smallest absolute Gasteiger partial charge is 0.322 e. The number of alkyl halides is 6. The molecule has 1 rings (SSSR count). The van der Waals surface area contributed by atoms with E-state index in [9.17, 15) is 35.9 Å². The molecule has 1 fully saturated rings. The van der Waals surface area contributed by atoms with Gasteiger partial charge in [0.05, 0.1) is 6.42 Å². The lowest BCUT2D eigenvalue weighted by Crippen LogP contribution is -2.31. The highest BCUT2D eigenvalue weighted by atomic mass is 19.4. The SMILES string of the molecule is O=C1CC(=C(C(F)(F)F)C(F)(F)F)NC1=O. The fourth-order valence-corrected chi connectivity index (χ4v) is 1.15. The van der Waals surface area contributed by atoms with Crippen LogP contribution in [-0.4, -0.2) is 24.0 Å². The van der Waals surface area contributed by atoms with Crippen LogP contribution in [0, 0.1) is 0 Å². The first kappa shape index (κ1) is 12.5. The van der Waals surface area contributed by atoms with E-state index in [1.807, 2.05) is 0 Å². The third kappa shape index (κ3) is 2.34. The molecule has 90 valence electrons. The maximum Gasteiger partial charge on any atom is 0.423 e. The predicted octanol–water partition coefficient (Wildman–Crippen LogP) is 1.45. The molecule has 1 aliphatic rings. The van der Waals surface area contributed by atoms with E-state index in [-0.39, 0.29) is 0 Å². The average Bonchev–Trinajstić information content (AvgIpc) is 2.24. The van der Waals surface area contributed by atoms with E-state index < -0.39 is 41.7 Å². The van der Waals surface area contributed by atoms with Gasteiger partial charge in [0, 0.05) is 5.70 Å². The highest BCUT2D eigenvalue weighted by Crippen LogP contribution is 2.41. The Balaban J connectivity index is 3.28. The second-order valence-corrected chi connectivity index (χ2v) is 2.90. The average molecular weight is 247 g/mol. The minimum Gasteiger partial charge on any atom is -0.322 e. The van der Waals surface area contributed by atoms with Crippen molar-refractivity contribution in [1.29, 1.82) is 0 Å². The Morgan fingerprint density at radius 2 is 1.44 bits per heavy atom. The number of amides is 1. The summed E-state index contributed by atoms with van der Waals surface area (Å²) in [6.45, 7) is 0. The van der Waals surface area contributed by atoms with Crippen LogP contribution < -0.4 is 5.32 Å². The highest BCUT2D eigenvalue weighted by Gasteiger charge is 2.54. The Morgan fingerprint density at radius 3 is 1.69 bits per heavy atom. The van der Waals surface area contributed by atoms with Crippen molar-refractivity contribution in [3.63, 3.8) is 0 Å². The van der Waals surface area contributed by atoms with Crippen LogP contribution in [0.5, 0.6) is 0 Å². The van der Waals surface area contributed by atoms with Crippen LogP contribution in [0.15, 0.2) is 11.3 Å². The van der Waals surface area contributed by atoms with Crippen molar-refractivity contribution < 1.29 is 35.9 Å². The number of hydrogen-bond acceptors (Lipinski definition) is 2. The van der Waals surface area contributed by atoms with Gasteiger partial charge in [-0.2, -0.15) is 26.3 Å². The van der Waals surface area contributed by atoms with Crippen LogP contribution in [0.3, 0.4) is 0 Å². The number of rotatable bonds is 0. The quantitative estimate of drug-likeness (QED) is 0.520. The Bertz CT molecular complexity index is 343. The van der Waals surface area contributed by atoms with Crippen LogP contribution in [0.2, 0.25) is 0 Å². The van der Waals surface area contributed by atoms with Crippen molar-refractivity contribution in [2.75, 3.05) is 0 Å². The number of carbonyl (C=O) groups is 2. The Labute approximate surface area is 84.1 Å². The van der Waals surface area contributed by atoms with Crippen molar-refractivity contribution in [3.05, 3.63) is 11.3 Å². The molecule has 0 aliphatic carbocycles. The van der Waals surface area contributed by atoms with Gasteiger partial charge in [-0.05, 0) is 0 Å². The van der Waals surface area contributed by atoms with Gasteiger partial charge >= 0.3 is 12.4 Å². The van der Waals surface area contributed by atoms with E-state index in [0.29, 0.717) is 0 Å². The van der Waals surface area contributed by atoms with Crippen LogP contribution in [0.1, 0.15) is 6.42 Å². The summed E-state index contributed by atoms with van der Waals surface area (Å²) in [4.78, 5) is 21.1. The Morgan fingerprint density at radius 1 is 1.00 bits per heavy atom. The zero-order valence-electron chi connectivity index (χ0n) is 7.29. The molecule has 0 aromatic carbocycles. The van der Waals surface area contributed by atoms with E-state index in [4.69, 9.17) is 0 Å². The topological polar surface area (TPSA) is 46.2 Å². The molecular weight excluding hydrogens is 244 g/mol. The lowest BCUT2D eigenvalue weighted by atomic mass is 10.1. The van der Waals surface area contributed by atoms with Crippen molar-refractivity contribution >= 4 is 11.7 Å². The minimum absolute atomic E-state index is 1.22. The molecule has 3 nitrogen and oxygen atoms in total. The Kier molecular flexibility index (Phi) is 2.74. The van der Waals surface area contributed by atoms with Crippen molar-refractivity contribution in [1.82, 2.24) is 5.32 Å². The summed E-state index contributed by atoms with van der Waals surface area (Å²) >= 11 is 0. The summed E-state index contributed by atoms with van der Waals surface area (Å²) < 4.78 is 72.5. The van der Waals surface area contributed by atoms with Gasteiger partial charge in [0.2, 0.25) is 5.78 Å². The molecule has 0 aromatic rings. The molecule has 0 radical (unpaired) electrons. The van der Waals surface area contributed by atoms with Crippen LogP contribution in [0.4, 0.5) is 26.3 Å². The molecule has 0 spiro atoms. The second kappa shape index (κ2) is 3.49. The zero-order valence-corrected chi connectivity index (χ0v) is 7.29. The summed E-state index contributed by atoms with van der Waals surface area (Å²) in [6, 6.07) is 0. The molecule has 0 bridgehead atoms. The molecule has 1 N–H and O–H groups in total. The van der Waals surface area contributed by atoms with Crippen molar-refractivity contribution in [2.24, 2.45) is 0 Å². The van der Waals surface area contributed by atoms with Crippen LogP contribution in [-0.2, 0) is 9.59 Å². The standard InChI is InChI=1S/C7H3F6NO2/c8-6(9,10)4(7(11,12)13)2-1-3(15)5(16)14-2/h1H2,(H,14,16). The summed E-state index contributed by atoms with van der Waals surface area (Å²) in [7, 11) is 0. The lowest BCUT2D eigenvalue weighted by Gasteiger charge is -2.16. The molecule has 1 saturated heterocycles. The van der Waals surface area contributed by atoms with E-state index in [1.165, 1.54) is 5.32 Å². The van der Waals surface area contributed by atoms with Crippen molar-refractivity contribution in [3.8, 4) is 0 Å². The maximum atomic E-state index is 12.1. The molecule has 0 atom stereocenters. The first-order chi connectivity index (χ1) is 7.03. The third-order valence-corrected chi connectivity index (χ3v) is 1.72. The first-order valence-corrected chi connectivity index (χ1v) is 3.75. The van der Waals surface area contributed by atoms with Crippen LogP contribution in [0.25, 0.3) is 0 Å². The number of halogens is 6. The summed E-state index contributed by atoms with van der Waals surface area (Å²) in [6.07, 6.45) is -12.6. The largest absolute Gasteiger partial charge is 0.423 e. The van der Waals surface area contributed by atoms with E-state index in [2.05, 4.69) is 0 Å². The summed E-state index contributed by atoms with van der Waals surface area (Å²) in [5.74, 6) is -2.80. The van der Waals surface area contributed by atoms with Gasteiger partial charge in [-0.25, -0.2) is 0 Å². The fourth-order valence-electron chi connectivity index (χ4n) is 1.15. The molecular formula is C7H3F6NO2. The molecule has 9 heteroatoms.